The predicted octanol–water partition coefficient (Wildman–Crippen LogP) is 4.23. The van der Waals surface area contributed by atoms with Gasteiger partial charge in [-0.3, -0.25) is 9.69 Å². The average molecular weight is 338 g/mol. The van der Waals surface area contributed by atoms with Gasteiger partial charge in [-0.1, -0.05) is 30.3 Å². The summed E-state index contributed by atoms with van der Waals surface area (Å²) in [5.41, 5.74) is 1.43. The number of nitrogens with zero attached hydrogens (tertiary/aromatic N) is 1. The smallest absolute Gasteiger partial charge is 0.246 e. The largest absolute Gasteiger partial charge is 0.468 e. The number of hydrogen-bond donors (Lipinski definition) is 1. The van der Waals surface area contributed by atoms with Crippen LogP contribution in [0.1, 0.15) is 17.4 Å². The summed E-state index contributed by atoms with van der Waals surface area (Å²) >= 11 is 0. The number of carbonyl (C=O) groups excluding carboxylic acids is 1. The number of anilines is 1. The van der Waals surface area contributed by atoms with E-state index in [0.29, 0.717) is 12.2 Å². The summed E-state index contributed by atoms with van der Waals surface area (Å²) in [7, 11) is 1.87. The normalized spacial score (nSPS) is 12.1. The third kappa shape index (κ3) is 4.33. The van der Waals surface area contributed by atoms with Crippen molar-refractivity contribution in [3.05, 3.63) is 90.1 Å². The van der Waals surface area contributed by atoms with Crippen LogP contribution in [0.25, 0.3) is 0 Å². The molecule has 0 saturated carbocycles. The van der Waals surface area contributed by atoms with Crippen molar-refractivity contribution in [2.45, 2.75) is 12.6 Å². The van der Waals surface area contributed by atoms with Gasteiger partial charge in [-0.15, -0.1) is 0 Å². The predicted molar refractivity (Wildman–Crippen MR) is 94.4 cm³/mol. The third-order valence-corrected chi connectivity index (χ3v) is 3.90. The fourth-order valence-electron chi connectivity index (χ4n) is 2.72. The van der Waals surface area contributed by atoms with Crippen LogP contribution >= 0.6 is 0 Å². The van der Waals surface area contributed by atoms with Crippen LogP contribution in [0.3, 0.4) is 0 Å². The molecule has 3 aromatic rings. The summed E-state index contributed by atoms with van der Waals surface area (Å²) in [6.45, 7) is 0.489. The van der Waals surface area contributed by atoms with Gasteiger partial charge >= 0.3 is 0 Å². The molecule has 0 bridgehead atoms. The minimum atomic E-state index is -0.503. The maximum absolute atomic E-state index is 13.1. The quantitative estimate of drug-likeness (QED) is 0.731. The number of nitrogens with one attached hydrogen (secondary N) is 1. The summed E-state index contributed by atoms with van der Waals surface area (Å²) in [5.74, 6) is 0.248. The number of benzene rings is 2. The minimum absolute atomic E-state index is 0.188. The van der Waals surface area contributed by atoms with Gasteiger partial charge in [-0.05, 0) is 49.0 Å². The van der Waals surface area contributed by atoms with E-state index in [-0.39, 0.29) is 11.7 Å². The lowest BCUT2D eigenvalue weighted by atomic mass is 10.0. The number of carbonyl (C=O) groups is 1. The highest BCUT2D eigenvalue weighted by Crippen LogP contribution is 2.23. The lowest BCUT2D eigenvalue weighted by Gasteiger charge is -2.27. The van der Waals surface area contributed by atoms with E-state index >= 15 is 0 Å². The Kier molecular flexibility index (Phi) is 5.26. The lowest BCUT2D eigenvalue weighted by molar-refractivity contribution is -0.121. The number of halogens is 1. The number of likely N-dealkylation sites (N-methyl/N-ethyl adjacent to an activating group) is 1. The van der Waals surface area contributed by atoms with Gasteiger partial charge in [0.05, 0.1) is 12.8 Å². The van der Waals surface area contributed by atoms with Gasteiger partial charge in [0.15, 0.2) is 0 Å². The molecule has 1 heterocycles. The molecular formula is C20H19FN2O2. The molecule has 3 rings (SSSR count). The number of rotatable bonds is 6. The molecule has 0 saturated heterocycles. The second kappa shape index (κ2) is 7.77. The van der Waals surface area contributed by atoms with E-state index in [1.54, 1.807) is 18.4 Å². The van der Waals surface area contributed by atoms with Gasteiger partial charge in [0.2, 0.25) is 5.91 Å². The van der Waals surface area contributed by atoms with Gasteiger partial charge in [0, 0.05) is 5.69 Å². The lowest BCUT2D eigenvalue weighted by Crippen LogP contribution is -2.34. The zero-order chi connectivity index (χ0) is 17.6. The van der Waals surface area contributed by atoms with Crippen molar-refractivity contribution in [2.24, 2.45) is 0 Å². The Labute approximate surface area is 145 Å². The van der Waals surface area contributed by atoms with E-state index < -0.39 is 6.04 Å². The summed E-state index contributed by atoms with van der Waals surface area (Å²) in [6.07, 6.45) is 1.61. The molecule has 0 radical (unpaired) electrons. The van der Waals surface area contributed by atoms with Gasteiger partial charge in [-0.2, -0.15) is 0 Å². The Hall–Kier alpha value is -2.92. The molecule has 1 unspecified atom stereocenters. The van der Waals surface area contributed by atoms with E-state index in [9.17, 15) is 9.18 Å². The van der Waals surface area contributed by atoms with Crippen molar-refractivity contribution < 1.29 is 13.6 Å². The first-order valence-electron chi connectivity index (χ1n) is 7.97. The van der Waals surface area contributed by atoms with E-state index in [0.717, 1.165) is 11.3 Å². The molecule has 0 aliphatic heterocycles. The van der Waals surface area contributed by atoms with Gasteiger partial charge in [-0.25, -0.2) is 4.39 Å². The Morgan fingerprint density at radius 3 is 2.44 bits per heavy atom. The minimum Gasteiger partial charge on any atom is -0.468 e. The van der Waals surface area contributed by atoms with Crippen LogP contribution in [0.4, 0.5) is 10.1 Å². The molecule has 4 nitrogen and oxygen atoms in total. The van der Waals surface area contributed by atoms with Crippen LogP contribution < -0.4 is 5.32 Å². The number of hydrogen-bond acceptors (Lipinski definition) is 3. The second-order valence-electron chi connectivity index (χ2n) is 5.80. The van der Waals surface area contributed by atoms with Crippen molar-refractivity contribution in [1.29, 1.82) is 0 Å². The van der Waals surface area contributed by atoms with Crippen molar-refractivity contribution in [3.8, 4) is 0 Å². The van der Waals surface area contributed by atoms with Crippen molar-refractivity contribution in [3.63, 3.8) is 0 Å². The molecule has 0 aliphatic carbocycles. The molecule has 25 heavy (non-hydrogen) atoms. The van der Waals surface area contributed by atoms with Gasteiger partial charge < -0.3 is 9.73 Å². The first-order valence-corrected chi connectivity index (χ1v) is 7.97. The Bertz CT molecular complexity index is 801. The second-order valence-corrected chi connectivity index (χ2v) is 5.80. The molecule has 128 valence electrons. The van der Waals surface area contributed by atoms with Crippen LogP contribution in [-0.4, -0.2) is 17.9 Å². The standard InChI is InChI=1S/C20H19FN2O2/c1-23(14-18-8-5-13-25-18)19(15-6-3-2-4-7-15)20(24)22-17-11-9-16(21)10-12-17/h2-13,19H,14H2,1H3,(H,22,24). The molecule has 1 N–H and O–H groups in total. The molecule has 1 atom stereocenters. The van der Waals surface area contributed by atoms with Crippen LogP contribution in [0.5, 0.6) is 0 Å². The van der Waals surface area contributed by atoms with E-state index in [2.05, 4.69) is 5.32 Å². The molecule has 1 aromatic heterocycles. The Balaban J connectivity index is 1.82. The molecule has 0 fully saturated rings. The molecule has 0 spiro atoms. The summed E-state index contributed by atoms with van der Waals surface area (Å²) in [6, 6.07) is 18.4. The average Bonchev–Trinajstić information content (AvgIpc) is 3.11. The van der Waals surface area contributed by atoms with Crippen molar-refractivity contribution in [1.82, 2.24) is 4.90 Å². The molecule has 5 heteroatoms. The number of furan rings is 1. The SMILES string of the molecule is CN(Cc1ccco1)C(C(=O)Nc1ccc(F)cc1)c1ccccc1. The van der Waals surface area contributed by atoms with Crippen LogP contribution in [0.2, 0.25) is 0 Å². The van der Waals surface area contributed by atoms with Crippen LogP contribution in [-0.2, 0) is 11.3 Å². The molecule has 1 amide bonds. The van der Waals surface area contributed by atoms with Crippen LogP contribution in [0, 0.1) is 5.82 Å². The zero-order valence-electron chi connectivity index (χ0n) is 13.9. The highest BCUT2D eigenvalue weighted by atomic mass is 19.1. The van der Waals surface area contributed by atoms with E-state index in [1.165, 1.54) is 12.1 Å². The monoisotopic (exact) mass is 338 g/mol. The number of amides is 1. The maximum Gasteiger partial charge on any atom is 0.246 e. The highest BCUT2D eigenvalue weighted by Gasteiger charge is 2.25. The third-order valence-electron chi connectivity index (χ3n) is 3.90. The van der Waals surface area contributed by atoms with Crippen molar-refractivity contribution >= 4 is 11.6 Å². The summed E-state index contributed by atoms with van der Waals surface area (Å²) < 4.78 is 18.4. The summed E-state index contributed by atoms with van der Waals surface area (Å²) in [4.78, 5) is 14.8. The fraction of sp³-hybridized carbons (Fsp3) is 0.150. The van der Waals surface area contributed by atoms with E-state index in [4.69, 9.17) is 4.42 Å². The summed E-state index contributed by atoms with van der Waals surface area (Å²) in [5, 5.41) is 2.85. The molecular weight excluding hydrogens is 319 g/mol. The van der Waals surface area contributed by atoms with Gasteiger partial charge in [0.25, 0.3) is 0 Å². The molecule has 2 aromatic carbocycles. The van der Waals surface area contributed by atoms with Crippen LogP contribution in [0.15, 0.2) is 77.4 Å². The maximum atomic E-state index is 13.1. The Morgan fingerprint density at radius 2 is 1.80 bits per heavy atom. The first kappa shape index (κ1) is 16.9. The molecule has 0 aliphatic rings. The first-order chi connectivity index (χ1) is 12.1. The van der Waals surface area contributed by atoms with Crippen molar-refractivity contribution in [2.75, 3.05) is 12.4 Å². The van der Waals surface area contributed by atoms with Gasteiger partial charge in [0.1, 0.15) is 17.6 Å². The fourth-order valence-corrected chi connectivity index (χ4v) is 2.72. The Morgan fingerprint density at radius 1 is 1.08 bits per heavy atom. The zero-order valence-corrected chi connectivity index (χ0v) is 13.9. The topological polar surface area (TPSA) is 45.5 Å². The highest BCUT2D eigenvalue weighted by molar-refractivity contribution is 5.95. The van der Waals surface area contributed by atoms with E-state index in [1.807, 2.05) is 54.4 Å².